The van der Waals surface area contributed by atoms with E-state index >= 15 is 0 Å². The number of rotatable bonds is 3. The first-order valence-electron chi connectivity index (χ1n) is 9.69. The molecular weight excluding hydrogens is 374 g/mol. The Morgan fingerprint density at radius 3 is 2.50 bits per heavy atom. The van der Waals surface area contributed by atoms with Crippen LogP contribution in [-0.2, 0) is 0 Å². The number of fused-ring (bicyclic) bond motifs is 2. The molecule has 5 rings (SSSR count). The van der Waals surface area contributed by atoms with E-state index in [0.29, 0.717) is 11.3 Å². The number of aryl methyl sites for hydroxylation is 2. The number of anilines is 1. The standard InChI is InChI=1S/C24H19N5O/c1-15-8-3-6-13-21(15)26-24(30)22-16(2)29-23(28-27-22)20(14-25-29)19-12-7-10-17-9-4-5-11-18(17)19/h3-14H,1-2H3,(H,26,30). The largest absolute Gasteiger partial charge is 0.320 e. The number of nitrogens with zero attached hydrogens (tertiary/aromatic N) is 4. The van der Waals surface area contributed by atoms with Crippen LogP contribution in [0.2, 0.25) is 0 Å². The molecule has 0 aliphatic heterocycles. The zero-order valence-electron chi connectivity index (χ0n) is 16.6. The Kier molecular flexibility index (Phi) is 4.25. The van der Waals surface area contributed by atoms with Gasteiger partial charge in [-0.1, -0.05) is 60.7 Å². The van der Waals surface area contributed by atoms with E-state index < -0.39 is 0 Å². The average molecular weight is 393 g/mol. The molecule has 5 aromatic rings. The fourth-order valence-corrected chi connectivity index (χ4v) is 3.71. The minimum Gasteiger partial charge on any atom is -0.320 e. The van der Waals surface area contributed by atoms with Crippen LogP contribution in [0.3, 0.4) is 0 Å². The van der Waals surface area contributed by atoms with Gasteiger partial charge in [-0.05, 0) is 41.8 Å². The lowest BCUT2D eigenvalue weighted by molar-refractivity contribution is 0.102. The fraction of sp³-hybridized carbons (Fsp3) is 0.0833. The van der Waals surface area contributed by atoms with Crippen molar-refractivity contribution >= 4 is 28.0 Å². The molecule has 0 atom stereocenters. The van der Waals surface area contributed by atoms with Gasteiger partial charge in [0, 0.05) is 11.3 Å². The molecule has 2 heterocycles. The van der Waals surface area contributed by atoms with Gasteiger partial charge in [-0.3, -0.25) is 4.79 Å². The van der Waals surface area contributed by atoms with E-state index in [1.54, 1.807) is 10.7 Å². The predicted molar refractivity (Wildman–Crippen MR) is 118 cm³/mol. The maximum atomic E-state index is 12.8. The minimum atomic E-state index is -0.307. The Morgan fingerprint density at radius 1 is 0.867 bits per heavy atom. The summed E-state index contributed by atoms with van der Waals surface area (Å²) in [5.41, 5.74) is 5.16. The molecule has 6 nitrogen and oxygen atoms in total. The van der Waals surface area contributed by atoms with Crippen molar-refractivity contribution in [3.8, 4) is 11.1 Å². The monoisotopic (exact) mass is 393 g/mol. The zero-order valence-corrected chi connectivity index (χ0v) is 16.6. The molecule has 0 bridgehead atoms. The summed E-state index contributed by atoms with van der Waals surface area (Å²) in [6.07, 6.45) is 1.78. The highest BCUT2D eigenvalue weighted by atomic mass is 16.2. The molecule has 3 aromatic carbocycles. The SMILES string of the molecule is Cc1ccccc1NC(=O)c1nnc2c(-c3cccc4ccccc34)cnn2c1C. The minimum absolute atomic E-state index is 0.248. The molecule has 0 radical (unpaired) electrons. The molecule has 0 saturated carbocycles. The lowest BCUT2D eigenvalue weighted by Crippen LogP contribution is -2.19. The smallest absolute Gasteiger partial charge is 0.278 e. The van der Waals surface area contributed by atoms with Crippen LogP contribution in [0.1, 0.15) is 21.7 Å². The van der Waals surface area contributed by atoms with Gasteiger partial charge < -0.3 is 5.32 Å². The lowest BCUT2D eigenvalue weighted by Gasteiger charge is -2.10. The van der Waals surface area contributed by atoms with Crippen LogP contribution in [0.4, 0.5) is 5.69 Å². The second-order valence-corrected chi connectivity index (χ2v) is 7.22. The van der Waals surface area contributed by atoms with Crippen LogP contribution in [0, 0.1) is 13.8 Å². The molecule has 0 aliphatic carbocycles. The first-order valence-corrected chi connectivity index (χ1v) is 9.69. The maximum Gasteiger partial charge on any atom is 0.278 e. The number of benzene rings is 3. The highest BCUT2D eigenvalue weighted by Gasteiger charge is 2.19. The number of aromatic nitrogens is 4. The van der Waals surface area contributed by atoms with Gasteiger partial charge >= 0.3 is 0 Å². The summed E-state index contributed by atoms with van der Waals surface area (Å²) in [6, 6.07) is 22.0. The molecule has 6 heteroatoms. The topological polar surface area (TPSA) is 72.2 Å². The molecule has 30 heavy (non-hydrogen) atoms. The van der Waals surface area contributed by atoms with Crippen LogP contribution in [0.15, 0.2) is 72.9 Å². The zero-order chi connectivity index (χ0) is 20.7. The van der Waals surface area contributed by atoms with Gasteiger partial charge in [0.05, 0.1) is 11.9 Å². The molecule has 2 aromatic heterocycles. The van der Waals surface area contributed by atoms with Crippen LogP contribution in [-0.4, -0.2) is 25.7 Å². The Bertz CT molecular complexity index is 1410. The highest BCUT2D eigenvalue weighted by molar-refractivity contribution is 6.04. The molecule has 146 valence electrons. The fourth-order valence-electron chi connectivity index (χ4n) is 3.71. The van der Waals surface area contributed by atoms with Crippen molar-refractivity contribution in [2.45, 2.75) is 13.8 Å². The summed E-state index contributed by atoms with van der Waals surface area (Å²) in [5, 5.41) is 18.3. The molecule has 1 amide bonds. The summed E-state index contributed by atoms with van der Waals surface area (Å²) < 4.78 is 1.68. The normalized spacial score (nSPS) is 11.1. The van der Waals surface area contributed by atoms with E-state index in [-0.39, 0.29) is 11.6 Å². The summed E-state index contributed by atoms with van der Waals surface area (Å²) in [6.45, 7) is 3.77. The first kappa shape index (κ1) is 18.0. The van der Waals surface area contributed by atoms with E-state index in [1.165, 1.54) is 0 Å². The van der Waals surface area contributed by atoms with Gasteiger partial charge in [-0.15, -0.1) is 10.2 Å². The van der Waals surface area contributed by atoms with Crippen molar-refractivity contribution in [3.05, 3.63) is 89.9 Å². The van der Waals surface area contributed by atoms with Gasteiger partial charge in [-0.25, -0.2) is 4.52 Å². The third-order valence-electron chi connectivity index (χ3n) is 5.34. The van der Waals surface area contributed by atoms with Crippen molar-refractivity contribution in [2.75, 3.05) is 5.32 Å². The van der Waals surface area contributed by atoms with Gasteiger partial charge in [0.15, 0.2) is 11.3 Å². The number of carbonyl (C=O) groups excluding carboxylic acids is 1. The molecule has 0 unspecified atom stereocenters. The third kappa shape index (κ3) is 2.90. The summed E-state index contributed by atoms with van der Waals surface area (Å²) in [5.74, 6) is -0.307. The van der Waals surface area contributed by atoms with Crippen LogP contribution >= 0.6 is 0 Å². The third-order valence-corrected chi connectivity index (χ3v) is 5.34. The Hall–Kier alpha value is -4.06. The molecule has 0 saturated heterocycles. The Labute approximate surface area is 173 Å². The lowest BCUT2D eigenvalue weighted by atomic mass is 10.0. The van der Waals surface area contributed by atoms with Crippen molar-refractivity contribution in [2.24, 2.45) is 0 Å². The number of hydrogen-bond acceptors (Lipinski definition) is 4. The number of hydrogen-bond donors (Lipinski definition) is 1. The van der Waals surface area contributed by atoms with Gasteiger partial charge in [0.1, 0.15) is 0 Å². The quantitative estimate of drug-likeness (QED) is 0.477. The molecule has 0 spiro atoms. The number of carbonyl (C=O) groups is 1. The molecular formula is C24H19N5O. The average Bonchev–Trinajstić information content (AvgIpc) is 3.20. The molecule has 1 N–H and O–H groups in total. The van der Waals surface area contributed by atoms with E-state index in [1.807, 2.05) is 56.3 Å². The Morgan fingerprint density at radius 2 is 1.63 bits per heavy atom. The van der Waals surface area contributed by atoms with Crippen LogP contribution in [0.25, 0.3) is 27.5 Å². The number of amides is 1. The second-order valence-electron chi connectivity index (χ2n) is 7.22. The van der Waals surface area contributed by atoms with E-state index in [0.717, 1.165) is 33.2 Å². The van der Waals surface area contributed by atoms with E-state index in [9.17, 15) is 4.79 Å². The van der Waals surface area contributed by atoms with Crippen molar-refractivity contribution < 1.29 is 4.79 Å². The molecule has 0 aliphatic rings. The van der Waals surface area contributed by atoms with E-state index in [2.05, 4.69) is 44.9 Å². The van der Waals surface area contributed by atoms with Crippen LogP contribution < -0.4 is 5.32 Å². The summed E-state index contributed by atoms with van der Waals surface area (Å²) in [7, 11) is 0. The predicted octanol–water partition coefficient (Wildman–Crippen LogP) is 4.81. The maximum absolute atomic E-state index is 12.8. The van der Waals surface area contributed by atoms with Crippen molar-refractivity contribution in [3.63, 3.8) is 0 Å². The second kappa shape index (κ2) is 7.08. The van der Waals surface area contributed by atoms with E-state index in [4.69, 9.17) is 0 Å². The van der Waals surface area contributed by atoms with Gasteiger partial charge in [0.2, 0.25) is 0 Å². The van der Waals surface area contributed by atoms with Crippen molar-refractivity contribution in [1.82, 2.24) is 19.8 Å². The van der Waals surface area contributed by atoms with Crippen LogP contribution in [0.5, 0.6) is 0 Å². The highest BCUT2D eigenvalue weighted by Crippen LogP contribution is 2.31. The Balaban J connectivity index is 1.58. The van der Waals surface area contributed by atoms with Gasteiger partial charge in [-0.2, -0.15) is 5.10 Å². The van der Waals surface area contributed by atoms with Crippen molar-refractivity contribution in [1.29, 1.82) is 0 Å². The summed E-state index contributed by atoms with van der Waals surface area (Å²) >= 11 is 0. The summed E-state index contributed by atoms with van der Waals surface area (Å²) in [4.78, 5) is 12.8. The number of para-hydroxylation sites is 1. The van der Waals surface area contributed by atoms with Gasteiger partial charge in [0.25, 0.3) is 5.91 Å². The first-order chi connectivity index (χ1) is 14.6. The number of nitrogens with one attached hydrogen (secondary N) is 1. The molecule has 0 fully saturated rings.